The first-order valence-corrected chi connectivity index (χ1v) is 10.4. The van der Waals surface area contributed by atoms with Crippen molar-refractivity contribution in [3.05, 3.63) is 81.5 Å². The van der Waals surface area contributed by atoms with Crippen molar-refractivity contribution in [3.63, 3.8) is 0 Å². The van der Waals surface area contributed by atoms with Gasteiger partial charge in [0.25, 0.3) is 11.6 Å². The average Bonchev–Trinajstić information content (AvgIpc) is 3.35. The van der Waals surface area contributed by atoms with Crippen LogP contribution >= 0.6 is 0 Å². The minimum absolute atomic E-state index is 0.0753. The number of nitrogens with one attached hydrogen (secondary N) is 1. The Kier molecular flexibility index (Phi) is 6.17. The maximum absolute atomic E-state index is 12.8. The van der Waals surface area contributed by atoms with Gasteiger partial charge in [-0.3, -0.25) is 14.9 Å². The van der Waals surface area contributed by atoms with Crippen LogP contribution in [0.4, 0.5) is 17.1 Å². The van der Waals surface area contributed by atoms with Crippen molar-refractivity contribution in [3.8, 4) is 17.7 Å². The van der Waals surface area contributed by atoms with Crippen LogP contribution in [0.3, 0.4) is 0 Å². The van der Waals surface area contributed by atoms with E-state index in [0.29, 0.717) is 22.7 Å². The van der Waals surface area contributed by atoms with Crippen molar-refractivity contribution in [2.45, 2.75) is 19.8 Å². The number of aromatic nitrogens is 1. The summed E-state index contributed by atoms with van der Waals surface area (Å²) in [5, 5.41) is 23.6. The Morgan fingerprint density at radius 2 is 2.00 bits per heavy atom. The third-order valence-corrected chi connectivity index (χ3v) is 5.43. The summed E-state index contributed by atoms with van der Waals surface area (Å²) in [6.45, 7) is 3.34. The van der Waals surface area contributed by atoms with Crippen molar-refractivity contribution in [2.24, 2.45) is 0 Å². The Morgan fingerprint density at radius 1 is 1.21 bits per heavy atom. The molecule has 0 aliphatic carbocycles. The number of hydrogen-bond acceptors (Lipinski definition) is 7. The molecule has 1 aliphatic heterocycles. The lowest BCUT2D eigenvalue weighted by Crippen LogP contribution is -2.20. The second-order valence-corrected chi connectivity index (χ2v) is 7.66. The van der Waals surface area contributed by atoms with Crippen LogP contribution in [-0.2, 0) is 0 Å². The van der Waals surface area contributed by atoms with Gasteiger partial charge in [-0.1, -0.05) is 0 Å². The van der Waals surface area contributed by atoms with Crippen molar-refractivity contribution < 1.29 is 14.5 Å². The van der Waals surface area contributed by atoms with E-state index in [1.807, 2.05) is 11.0 Å². The van der Waals surface area contributed by atoms with Gasteiger partial charge in [0.1, 0.15) is 23.1 Å². The highest BCUT2D eigenvalue weighted by atomic mass is 16.6. The minimum atomic E-state index is -0.449. The summed E-state index contributed by atoms with van der Waals surface area (Å²) in [5.41, 5.74) is 2.24. The molecule has 1 aliphatic rings. The third-order valence-electron chi connectivity index (χ3n) is 5.43. The van der Waals surface area contributed by atoms with Gasteiger partial charge in [-0.2, -0.15) is 5.26 Å². The fourth-order valence-electron chi connectivity index (χ4n) is 3.74. The lowest BCUT2D eigenvalue weighted by Gasteiger charge is -2.18. The van der Waals surface area contributed by atoms with Gasteiger partial charge in [-0.15, -0.1) is 0 Å². The van der Waals surface area contributed by atoms with Gasteiger partial charge in [0.15, 0.2) is 0 Å². The molecule has 0 saturated carbocycles. The van der Waals surface area contributed by atoms with Crippen molar-refractivity contribution in [1.29, 1.82) is 5.26 Å². The summed E-state index contributed by atoms with van der Waals surface area (Å²) >= 11 is 0. The number of rotatable bonds is 6. The molecule has 0 atom stereocenters. The van der Waals surface area contributed by atoms with Gasteiger partial charge in [-0.05, 0) is 67.8 Å². The molecular formula is C24H21N5O4. The molecule has 0 spiro atoms. The van der Waals surface area contributed by atoms with Gasteiger partial charge < -0.3 is 15.0 Å². The average molecular weight is 443 g/mol. The van der Waals surface area contributed by atoms with E-state index in [9.17, 15) is 20.2 Å². The first-order chi connectivity index (χ1) is 16.0. The third kappa shape index (κ3) is 4.75. The van der Waals surface area contributed by atoms with E-state index in [1.165, 1.54) is 12.3 Å². The highest BCUT2D eigenvalue weighted by Gasteiger charge is 2.24. The summed E-state index contributed by atoms with van der Waals surface area (Å²) in [4.78, 5) is 30.0. The monoisotopic (exact) mass is 443 g/mol. The first kappa shape index (κ1) is 21.8. The molecule has 3 aromatic rings. The lowest BCUT2D eigenvalue weighted by molar-refractivity contribution is -0.384. The number of nitro benzene ring substituents is 1. The van der Waals surface area contributed by atoms with Crippen LogP contribution in [-0.4, -0.2) is 28.9 Å². The van der Waals surface area contributed by atoms with E-state index in [1.54, 1.807) is 49.4 Å². The Morgan fingerprint density at radius 3 is 2.70 bits per heavy atom. The molecular weight excluding hydrogens is 422 g/mol. The number of ether oxygens (including phenoxy) is 1. The number of pyridine rings is 1. The Balaban J connectivity index is 1.52. The SMILES string of the molecule is Cc1cc(Oc2ncccc2C#N)ccc1NC(=O)c1ccc(N2CCCC2)c([N+](=O)[O-])c1. The van der Waals surface area contributed by atoms with Crippen molar-refractivity contribution in [1.82, 2.24) is 4.98 Å². The van der Waals surface area contributed by atoms with Gasteiger partial charge in [0.2, 0.25) is 5.88 Å². The molecule has 1 aromatic heterocycles. The quantitative estimate of drug-likeness (QED) is 0.428. The maximum Gasteiger partial charge on any atom is 0.293 e. The van der Waals surface area contributed by atoms with Crippen molar-refractivity contribution in [2.75, 3.05) is 23.3 Å². The molecule has 9 nitrogen and oxygen atoms in total. The molecule has 166 valence electrons. The Bertz CT molecular complexity index is 1260. The number of aryl methyl sites for hydroxylation is 1. The number of amides is 1. The topological polar surface area (TPSA) is 121 Å². The molecule has 4 rings (SSSR count). The smallest absolute Gasteiger partial charge is 0.293 e. The highest BCUT2D eigenvalue weighted by molar-refractivity contribution is 6.05. The van der Waals surface area contributed by atoms with Crippen LogP contribution in [0.15, 0.2) is 54.7 Å². The van der Waals surface area contributed by atoms with Crippen LogP contribution in [0, 0.1) is 28.4 Å². The fraction of sp³-hybridized carbons (Fsp3) is 0.208. The molecule has 33 heavy (non-hydrogen) atoms. The van der Waals surface area contributed by atoms with Crippen LogP contribution in [0.25, 0.3) is 0 Å². The zero-order valence-corrected chi connectivity index (χ0v) is 17.9. The summed E-state index contributed by atoms with van der Waals surface area (Å²) < 4.78 is 5.70. The molecule has 2 aromatic carbocycles. The molecule has 1 N–H and O–H groups in total. The Labute approximate surface area is 190 Å². The minimum Gasteiger partial charge on any atom is -0.438 e. The van der Waals surface area contributed by atoms with Crippen LogP contribution < -0.4 is 15.0 Å². The number of hydrogen-bond donors (Lipinski definition) is 1. The maximum atomic E-state index is 12.8. The number of carbonyl (C=O) groups is 1. The zero-order valence-electron chi connectivity index (χ0n) is 17.9. The summed E-state index contributed by atoms with van der Waals surface area (Å²) in [6.07, 6.45) is 3.53. The number of benzene rings is 2. The standard InChI is InChI=1S/C24H21N5O4/c1-16-13-19(33-24-18(15-25)5-4-10-26-24)7-8-20(16)27-23(30)17-6-9-21(22(14-17)29(31)32)28-11-2-3-12-28/h4-10,13-14H,2-3,11-12H2,1H3,(H,27,30). The Hall–Kier alpha value is -4.45. The fourth-order valence-corrected chi connectivity index (χ4v) is 3.74. The number of nitriles is 1. The van der Waals surface area contributed by atoms with Crippen LogP contribution in [0.2, 0.25) is 0 Å². The van der Waals surface area contributed by atoms with E-state index >= 15 is 0 Å². The van der Waals surface area contributed by atoms with Gasteiger partial charge in [0.05, 0.1) is 4.92 Å². The summed E-state index contributed by atoms with van der Waals surface area (Å²) in [6, 6.07) is 14.9. The second-order valence-electron chi connectivity index (χ2n) is 7.66. The van der Waals surface area contributed by atoms with Crippen molar-refractivity contribution >= 4 is 23.0 Å². The van der Waals surface area contributed by atoms with Gasteiger partial charge in [-0.25, -0.2) is 4.98 Å². The zero-order chi connectivity index (χ0) is 23.4. The highest BCUT2D eigenvalue weighted by Crippen LogP contribution is 2.32. The normalized spacial score (nSPS) is 12.8. The molecule has 2 heterocycles. The number of carbonyl (C=O) groups excluding carboxylic acids is 1. The predicted molar refractivity (Wildman–Crippen MR) is 123 cm³/mol. The summed E-state index contributed by atoms with van der Waals surface area (Å²) in [5.74, 6) is 0.215. The van der Waals surface area contributed by atoms with Crippen LogP contribution in [0.5, 0.6) is 11.6 Å². The molecule has 0 bridgehead atoms. The predicted octanol–water partition coefficient (Wildman–Crippen LogP) is 4.81. The van der Waals surface area contributed by atoms with E-state index in [0.717, 1.165) is 31.5 Å². The van der Waals surface area contributed by atoms with Gasteiger partial charge in [0, 0.05) is 36.6 Å². The molecule has 0 unspecified atom stereocenters. The van der Waals surface area contributed by atoms with E-state index in [4.69, 9.17) is 4.74 Å². The molecule has 0 radical (unpaired) electrons. The molecule has 9 heteroatoms. The second kappa shape index (κ2) is 9.36. The number of nitrogens with zero attached hydrogens (tertiary/aromatic N) is 4. The van der Waals surface area contributed by atoms with E-state index < -0.39 is 10.8 Å². The number of anilines is 2. The molecule has 1 saturated heterocycles. The summed E-state index contributed by atoms with van der Waals surface area (Å²) in [7, 11) is 0. The number of nitro groups is 1. The lowest BCUT2D eigenvalue weighted by atomic mass is 10.1. The van der Waals surface area contributed by atoms with Crippen LogP contribution in [0.1, 0.15) is 34.3 Å². The van der Waals surface area contributed by atoms with E-state index in [2.05, 4.69) is 10.3 Å². The molecule has 1 amide bonds. The first-order valence-electron chi connectivity index (χ1n) is 10.4. The largest absolute Gasteiger partial charge is 0.438 e. The van der Waals surface area contributed by atoms with E-state index in [-0.39, 0.29) is 17.1 Å². The molecule has 1 fully saturated rings. The van der Waals surface area contributed by atoms with Gasteiger partial charge >= 0.3 is 0 Å².